The second-order valence-electron chi connectivity index (χ2n) is 6.88. The Morgan fingerprint density at radius 2 is 1.93 bits per heavy atom. The van der Waals surface area contributed by atoms with E-state index in [1.165, 1.54) is 5.56 Å². The van der Waals surface area contributed by atoms with E-state index in [1.807, 2.05) is 12.1 Å². The maximum Gasteiger partial charge on any atom is 0.223 e. The van der Waals surface area contributed by atoms with Gasteiger partial charge in [0.05, 0.1) is 0 Å². The van der Waals surface area contributed by atoms with Gasteiger partial charge in [-0.05, 0) is 28.8 Å². The third kappa shape index (κ3) is 4.21. The number of nitrogens with one attached hydrogen (secondary N) is 1. The molecule has 3 aromatic heterocycles. The van der Waals surface area contributed by atoms with Crippen molar-refractivity contribution in [3.8, 4) is 22.6 Å². The van der Waals surface area contributed by atoms with Crippen LogP contribution < -0.4 is 0 Å². The molecule has 0 fully saturated rings. The fraction of sp³-hybridized carbons (Fsp3) is 0.333. The van der Waals surface area contributed by atoms with E-state index in [2.05, 4.69) is 73.5 Å². The molecule has 3 heterocycles. The zero-order valence-corrected chi connectivity index (χ0v) is 16.7. The summed E-state index contributed by atoms with van der Waals surface area (Å²) < 4.78 is 2.06. The summed E-state index contributed by atoms with van der Waals surface area (Å²) in [4.78, 5) is 9.15. The Kier molecular flexibility index (Phi) is 5.69. The summed E-state index contributed by atoms with van der Waals surface area (Å²) >= 11 is 0. The van der Waals surface area contributed by atoms with Crippen molar-refractivity contribution in [1.29, 1.82) is 0 Å². The van der Waals surface area contributed by atoms with Crippen molar-refractivity contribution in [2.24, 2.45) is 0 Å². The average molecular weight is 388 g/mol. The van der Waals surface area contributed by atoms with E-state index in [9.17, 15) is 0 Å². The predicted molar refractivity (Wildman–Crippen MR) is 110 cm³/mol. The summed E-state index contributed by atoms with van der Waals surface area (Å²) in [5.41, 5.74) is 3.94. The lowest BCUT2D eigenvalue weighted by atomic mass is 10.0. The van der Waals surface area contributed by atoms with Crippen LogP contribution in [-0.2, 0) is 19.4 Å². The van der Waals surface area contributed by atoms with Crippen LogP contribution >= 0.6 is 0 Å². The molecule has 0 unspecified atom stereocenters. The van der Waals surface area contributed by atoms with Gasteiger partial charge in [0.25, 0.3) is 0 Å². The molecule has 4 aromatic rings. The van der Waals surface area contributed by atoms with Crippen molar-refractivity contribution in [3.63, 3.8) is 0 Å². The molecule has 148 valence electrons. The molecular formula is C21H24N8. The summed E-state index contributed by atoms with van der Waals surface area (Å²) in [5.74, 6) is 2.42. The van der Waals surface area contributed by atoms with E-state index in [1.54, 1.807) is 6.20 Å². The first kappa shape index (κ1) is 18.9. The van der Waals surface area contributed by atoms with Crippen molar-refractivity contribution in [1.82, 2.24) is 40.4 Å². The van der Waals surface area contributed by atoms with Crippen molar-refractivity contribution in [3.05, 3.63) is 59.8 Å². The number of aromatic amines is 1. The molecule has 8 nitrogen and oxygen atoms in total. The van der Waals surface area contributed by atoms with E-state index < -0.39 is 0 Å². The van der Waals surface area contributed by atoms with Crippen LogP contribution in [0.15, 0.2) is 42.6 Å². The summed E-state index contributed by atoms with van der Waals surface area (Å²) in [6.45, 7) is 5.20. The van der Waals surface area contributed by atoms with Crippen LogP contribution in [0.2, 0.25) is 0 Å². The van der Waals surface area contributed by atoms with Crippen LogP contribution in [0.25, 0.3) is 22.6 Å². The van der Waals surface area contributed by atoms with Gasteiger partial charge in [-0.25, -0.2) is 9.67 Å². The number of unbranched alkanes of at least 4 members (excludes halogenated alkanes) is 1. The van der Waals surface area contributed by atoms with Gasteiger partial charge in [0.15, 0.2) is 5.82 Å². The molecule has 0 amide bonds. The Morgan fingerprint density at radius 1 is 1.07 bits per heavy atom. The van der Waals surface area contributed by atoms with Gasteiger partial charge in [0.1, 0.15) is 11.5 Å². The van der Waals surface area contributed by atoms with Gasteiger partial charge in [0, 0.05) is 31.1 Å². The van der Waals surface area contributed by atoms with E-state index in [4.69, 9.17) is 4.98 Å². The van der Waals surface area contributed by atoms with Crippen LogP contribution in [0.3, 0.4) is 0 Å². The number of hydrogen-bond donors (Lipinski definition) is 1. The molecular weight excluding hydrogens is 364 g/mol. The highest BCUT2D eigenvalue weighted by molar-refractivity contribution is 5.77. The van der Waals surface area contributed by atoms with E-state index >= 15 is 0 Å². The van der Waals surface area contributed by atoms with Crippen LogP contribution in [0.4, 0.5) is 0 Å². The number of aryl methyl sites for hydroxylation is 2. The van der Waals surface area contributed by atoms with Crippen LogP contribution in [0.5, 0.6) is 0 Å². The van der Waals surface area contributed by atoms with Crippen molar-refractivity contribution >= 4 is 0 Å². The molecule has 0 radical (unpaired) electrons. The first-order valence-electron chi connectivity index (χ1n) is 9.99. The molecule has 1 N–H and O–H groups in total. The van der Waals surface area contributed by atoms with E-state index in [0.29, 0.717) is 11.5 Å². The molecule has 0 saturated heterocycles. The third-order valence-corrected chi connectivity index (χ3v) is 4.82. The first-order chi connectivity index (χ1) is 14.3. The topological polar surface area (TPSA) is 98.1 Å². The van der Waals surface area contributed by atoms with Gasteiger partial charge in [0.2, 0.25) is 5.82 Å². The summed E-state index contributed by atoms with van der Waals surface area (Å²) in [5, 5.41) is 18.9. The minimum Gasteiger partial charge on any atom is -0.252 e. The molecule has 0 aliphatic heterocycles. The standard InChI is InChI=1S/C21H24N8/c1-3-5-13-29-19(23-18(4-2)26-29)14-15-8-10-16(11-9-15)17-7-6-12-22-20(17)21-24-27-28-25-21/h6-12H,3-5,13-14H2,1-2H3,(H,24,25,27,28). The number of rotatable bonds is 8. The van der Waals surface area contributed by atoms with Crippen LogP contribution in [0, 0.1) is 0 Å². The Bertz CT molecular complexity index is 1050. The summed E-state index contributed by atoms with van der Waals surface area (Å²) in [7, 11) is 0. The second kappa shape index (κ2) is 8.72. The smallest absolute Gasteiger partial charge is 0.223 e. The maximum absolute atomic E-state index is 4.72. The molecule has 0 aliphatic carbocycles. The monoisotopic (exact) mass is 388 g/mol. The predicted octanol–water partition coefficient (Wildman–Crippen LogP) is 3.47. The highest BCUT2D eigenvalue weighted by Crippen LogP contribution is 2.28. The second-order valence-corrected chi connectivity index (χ2v) is 6.88. The zero-order valence-electron chi connectivity index (χ0n) is 16.7. The maximum atomic E-state index is 4.72. The molecule has 0 aliphatic rings. The number of H-pyrrole nitrogens is 1. The van der Waals surface area contributed by atoms with Crippen molar-refractivity contribution in [2.75, 3.05) is 0 Å². The number of nitrogens with zero attached hydrogens (tertiary/aromatic N) is 7. The van der Waals surface area contributed by atoms with Crippen molar-refractivity contribution < 1.29 is 0 Å². The Morgan fingerprint density at radius 3 is 2.66 bits per heavy atom. The van der Waals surface area contributed by atoms with Crippen molar-refractivity contribution in [2.45, 2.75) is 46.1 Å². The quantitative estimate of drug-likeness (QED) is 0.496. The minimum atomic E-state index is 0.487. The summed E-state index contributed by atoms with van der Waals surface area (Å²) in [6.07, 6.45) is 5.60. The van der Waals surface area contributed by atoms with E-state index in [-0.39, 0.29) is 0 Å². The number of benzene rings is 1. The molecule has 0 atom stereocenters. The largest absolute Gasteiger partial charge is 0.252 e. The van der Waals surface area contributed by atoms with Gasteiger partial charge in [-0.3, -0.25) is 4.98 Å². The molecule has 0 spiro atoms. The zero-order chi connectivity index (χ0) is 20.1. The first-order valence-corrected chi connectivity index (χ1v) is 9.99. The molecule has 1 aromatic carbocycles. The van der Waals surface area contributed by atoms with Gasteiger partial charge in [-0.2, -0.15) is 10.3 Å². The lowest BCUT2D eigenvalue weighted by molar-refractivity contribution is 0.546. The number of pyridine rings is 1. The highest BCUT2D eigenvalue weighted by atomic mass is 15.5. The van der Waals surface area contributed by atoms with E-state index in [0.717, 1.165) is 55.0 Å². The Balaban J connectivity index is 1.58. The molecule has 4 rings (SSSR count). The highest BCUT2D eigenvalue weighted by Gasteiger charge is 2.13. The van der Waals surface area contributed by atoms with Gasteiger partial charge < -0.3 is 0 Å². The fourth-order valence-corrected chi connectivity index (χ4v) is 3.26. The number of aromatic nitrogens is 8. The average Bonchev–Trinajstić information content (AvgIpc) is 3.43. The van der Waals surface area contributed by atoms with Gasteiger partial charge in [-0.1, -0.05) is 50.6 Å². The fourth-order valence-electron chi connectivity index (χ4n) is 3.26. The molecule has 0 saturated carbocycles. The molecule has 29 heavy (non-hydrogen) atoms. The Labute approximate surface area is 169 Å². The van der Waals surface area contributed by atoms with Crippen LogP contribution in [0.1, 0.15) is 43.9 Å². The Hall–Kier alpha value is -3.42. The molecule has 0 bridgehead atoms. The van der Waals surface area contributed by atoms with Gasteiger partial charge >= 0.3 is 0 Å². The normalized spacial score (nSPS) is 11.1. The van der Waals surface area contributed by atoms with Crippen LogP contribution in [-0.4, -0.2) is 40.4 Å². The molecule has 8 heteroatoms. The third-order valence-electron chi connectivity index (χ3n) is 4.82. The minimum absolute atomic E-state index is 0.487. The lowest BCUT2D eigenvalue weighted by Crippen LogP contribution is -2.06. The SMILES string of the molecule is CCCCn1nc(CC)nc1Cc1ccc(-c2cccnc2-c2nn[nH]n2)cc1. The van der Waals surface area contributed by atoms with Gasteiger partial charge in [-0.15, -0.1) is 10.2 Å². The lowest BCUT2D eigenvalue weighted by Gasteiger charge is -2.08. The summed E-state index contributed by atoms with van der Waals surface area (Å²) in [6, 6.07) is 12.4. The number of tetrazole rings is 1. The number of hydrogen-bond acceptors (Lipinski definition) is 6.